The summed E-state index contributed by atoms with van der Waals surface area (Å²) in [5.74, 6) is -0.428. The topological polar surface area (TPSA) is 34.9 Å². The summed E-state index contributed by atoms with van der Waals surface area (Å²) < 4.78 is 39.0. The van der Waals surface area contributed by atoms with Crippen LogP contribution in [0.5, 0.6) is 0 Å². The molecule has 0 bridgehead atoms. The predicted octanol–water partition coefficient (Wildman–Crippen LogP) is 3.09. The van der Waals surface area contributed by atoms with Gasteiger partial charge < -0.3 is 4.57 Å². The summed E-state index contributed by atoms with van der Waals surface area (Å²) in [5.41, 5.74) is -0.873. The van der Waals surface area contributed by atoms with Crippen LogP contribution in [0.1, 0.15) is 21.7 Å². The van der Waals surface area contributed by atoms with Crippen LogP contribution in [0.3, 0.4) is 0 Å². The van der Waals surface area contributed by atoms with E-state index in [0.717, 1.165) is 12.1 Å². The summed E-state index contributed by atoms with van der Waals surface area (Å²) in [6.07, 6.45) is -1.49. The first-order valence-corrected chi connectivity index (χ1v) is 5.09. The highest BCUT2D eigenvalue weighted by atomic mass is 35.5. The molecule has 0 N–H and O–H groups in total. The molecule has 0 aliphatic carbocycles. The van der Waals surface area contributed by atoms with Crippen molar-refractivity contribution in [2.24, 2.45) is 7.05 Å². The van der Waals surface area contributed by atoms with E-state index in [0.29, 0.717) is 0 Å². The fourth-order valence-corrected chi connectivity index (χ4v) is 1.55. The molecule has 1 heterocycles. The van der Waals surface area contributed by atoms with Gasteiger partial charge >= 0.3 is 6.18 Å². The number of aryl methyl sites for hydroxylation is 1. The molecule has 0 aliphatic heterocycles. The third kappa shape index (κ3) is 3.14. The van der Waals surface area contributed by atoms with Crippen molar-refractivity contribution in [1.82, 2.24) is 9.55 Å². The molecular weight excluding hydrogens is 281 g/mol. The van der Waals surface area contributed by atoms with Gasteiger partial charge in [-0.3, -0.25) is 4.79 Å². The number of carbonyl (C=O) groups excluding carboxylic acids is 1. The highest BCUT2D eigenvalue weighted by Gasteiger charge is 2.31. The second kappa shape index (κ2) is 5.44. The molecular formula is C12H10ClF3N2O. The van der Waals surface area contributed by atoms with Crippen molar-refractivity contribution in [3.8, 4) is 0 Å². The molecule has 0 atom stereocenters. The van der Waals surface area contributed by atoms with Gasteiger partial charge in [-0.25, -0.2) is 4.98 Å². The van der Waals surface area contributed by atoms with Crippen molar-refractivity contribution < 1.29 is 18.0 Å². The van der Waals surface area contributed by atoms with Crippen LogP contribution in [0.25, 0.3) is 0 Å². The van der Waals surface area contributed by atoms with Gasteiger partial charge in [0.2, 0.25) is 5.78 Å². The third-order valence-corrected chi connectivity index (χ3v) is 2.48. The van der Waals surface area contributed by atoms with E-state index in [1.807, 2.05) is 0 Å². The molecule has 7 heteroatoms. The smallest absolute Gasteiger partial charge is 0.331 e. The SMILES string of the molecule is Cl.Cn1ccnc1C(=O)c1cccc(C(F)(F)F)c1. The Morgan fingerprint density at radius 1 is 1.32 bits per heavy atom. The highest BCUT2D eigenvalue weighted by Crippen LogP contribution is 2.29. The number of carbonyl (C=O) groups is 1. The number of halogens is 4. The molecule has 0 spiro atoms. The van der Waals surface area contributed by atoms with Gasteiger partial charge in [0.1, 0.15) is 0 Å². The number of rotatable bonds is 2. The summed E-state index contributed by atoms with van der Waals surface area (Å²) in [6.45, 7) is 0. The van der Waals surface area contributed by atoms with Crippen molar-refractivity contribution in [2.75, 3.05) is 0 Å². The van der Waals surface area contributed by atoms with Crippen LogP contribution in [-0.4, -0.2) is 15.3 Å². The number of alkyl halides is 3. The molecule has 2 aromatic rings. The molecule has 1 aromatic heterocycles. The normalized spacial score (nSPS) is 10.9. The van der Waals surface area contributed by atoms with E-state index in [1.165, 1.54) is 22.9 Å². The van der Waals surface area contributed by atoms with Crippen LogP contribution in [0, 0.1) is 0 Å². The number of aromatic nitrogens is 2. The molecule has 0 saturated carbocycles. The summed E-state index contributed by atoms with van der Waals surface area (Å²) in [6, 6.07) is 4.30. The molecule has 0 fully saturated rings. The Kier molecular flexibility index (Phi) is 4.36. The zero-order valence-electron chi connectivity index (χ0n) is 9.81. The fraction of sp³-hybridized carbons (Fsp3) is 0.167. The zero-order chi connectivity index (χ0) is 13.3. The maximum absolute atomic E-state index is 12.5. The van der Waals surface area contributed by atoms with E-state index < -0.39 is 17.5 Å². The van der Waals surface area contributed by atoms with Gasteiger partial charge in [-0.1, -0.05) is 12.1 Å². The largest absolute Gasteiger partial charge is 0.416 e. The van der Waals surface area contributed by atoms with Crippen LogP contribution >= 0.6 is 12.4 Å². The van der Waals surface area contributed by atoms with Crippen LogP contribution in [0.2, 0.25) is 0 Å². The fourth-order valence-electron chi connectivity index (χ4n) is 1.55. The Balaban J connectivity index is 0.00000180. The molecule has 19 heavy (non-hydrogen) atoms. The second-order valence-corrected chi connectivity index (χ2v) is 3.77. The predicted molar refractivity (Wildman–Crippen MR) is 65.3 cm³/mol. The Morgan fingerprint density at radius 3 is 2.53 bits per heavy atom. The van der Waals surface area contributed by atoms with Crippen molar-refractivity contribution >= 4 is 18.2 Å². The molecule has 0 aliphatic rings. The summed E-state index contributed by atoms with van der Waals surface area (Å²) in [4.78, 5) is 15.8. The van der Waals surface area contributed by atoms with Crippen molar-refractivity contribution in [3.05, 3.63) is 53.6 Å². The maximum atomic E-state index is 12.5. The summed E-state index contributed by atoms with van der Waals surface area (Å²) >= 11 is 0. The maximum Gasteiger partial charge on any atom is 0.416 e. The van der Waals surface area contributed by atoms with Gasteiger partial charge in [0, 0.05) is 25.0 Å². The zero-order valence-corrected chi connectivity index (χ0v) is 10.6. The molecule has 0 amide bonds. The van der Waals surface area contributed by atoms with Crippen LogP contribution in [0.15, 0.2) is 36.7 Å². The Hall–Kier alpha value is -1.82. The van der Waals surface area contributed by atoms with Crippen molar-refractivity contribution in [2.45, 2.75) is 6.18 Å². The minimum absolute atomic E-state index is 0. The van der Waals surface area contributed by atoms with Gasteiger partial charge in [-0.05, 0) is 12.1 Å². The van der Waals surface area contributed by atoms with Crippen molar-refractivity contribution in [3.63, 3.8) is 0 Å². The second-order valence-electron chi connectivity index (χ2n) is 3.77. The molecule has 0 saturated heterocycles. The standard InChI is InChI=1S/C12H9F3N2O.ClH/c1-17-6-5-16-11(17)10(18)8-3-2-4-9(7-8)12(13,14)15;/h2-7H,1H3;1H. The minimum Gasteiger partial charge on any atom is -0.331 e. The van der Waals surface area contributed by atoms with Crippen molar-refractivity contribution in [1.29, 1.82) is 0 Å². The first kappa shape index (κ1) is 15.2. The lowest BCUT2D eigenvalue weighted by atomic mass is 10.1. The quantitative estimate of drug-likeness (QED) is 0.797. The van der Waals surface area contributed by atoms with Gasteiger partial charge in [-0.15, -0.1) is 12.4 Å². The van der Waals surface area contributed by atoms with Gasteiger partial charge in [0.25, 0.3) is 0 Å². The minimum atomic E-state index is -4.46. The van der Waals surface area contributed by atoms with Crippen LogP contribution < -0.4 is 0 Å². The Morgan fingerprint density at radius 2 is 2.00 bits per heavy atom. The van der Waals surface area contributed by atoms with E-state index in [4.69, 9.17) is 0 Å². The average Bonchev–Trinajstić information content (AvgIpc) is 2.73. The van der Waals surface area contributed by atoms with Crippen LogP contribution in [-0.2, 0) is 13.2 Å². The number of ketones is 1. The molecule has 3 nitrogen and oxygen atoms in total. The summed E-state index contributed by atoms with van der Waals surface area (Å²) in [5, 5.41) is 0. The molecule has 1 aromatic carbocycles. The van der Waals surface area contributed by atoms with Crippen LogP contribution in [0.4, 0.5) is 13.2 Å². The average molecular weight is 291 g/mol. The molecule has 102 valence electrons. The van der Waals surface area contributed by atoms with Gasteiger partial charge in [-0.2, -0.15) is 13.2 Å². The number of imidazole rings is 1. The lowest BCUT2D eigenvalue weighted by Crippen LogP contribution is -2.11. The third-order valence-electron chi connectivity index (χ3n) is 2.48. The summed E-state index contributed by atoms with van der Waals surface area (Å²) in [7, 11) is 1.61. The number of hydrogen-bond acceptors (Lipinski definition) is 2. The molecule has 0 unspecified atom stereocenters. The first-order chi connectivity index (χ1) is 8.39. The number of benzene rings is 1. The van der Waals surface area contributed by atoms with E-state index in [9.17, 15) is 18.0 Å². The van der Waals surface area contributed by atoms with E-state index in [-0.39, 0.29) is 23.8 Å². The molecule has 0 radical (unpaired) electrons. The van der Waals surface area contributed by atoms with E-state index in [1.54, 1.807) is 13.2 Å². The van der Waals surface area contributed by atoms with Gasteiger partial charge in [0.05, 0.1) is 5.56 Å². The monoisotopic (exact) mass is 290 g/mol. The first-order valence-electron chi connectivity index (χ1n) is 5.09. The van der Waals surface area contributed by atoms with E-state index >= 15 is 0 Å². The lowest BCUT2D eigenvalue weighted by Gasteiger charge is -2.08. The Bertz CT molecular complexity index is 593. The number of nitrogens with zero attached hydrogens (tertiary/aromatic N) is 2. The van der Waals surface area contributed by atoms with Gasteiger partial charge in [0.15, 0.2) is 5.82 Å². The number of hydrogen-bond donors (Lipinski definition) is 0. The van der Waals surface area contributed by atoms with E-state index in [2.05, 4.69) is 4.98 Å². The molecule has 2 rings (SSSR count). The Labute approximate surface area is 113 Å². The highest BCUT2D eigenvalue weighted by molar-refractivity contribution is 6.06. The lowest BCUT2D eigenvalue weighted by molar-refractivity contribution is -0.137.